The van der Waals surface area contributed by atoms with Crippen molar-refractivity contribution in [3.63, 3.8) is 0 Å². The molecule has 0 spiro atoms. The molecule has 0 unspecified atom stereocenters. The fourth-order valence-corrected chi connectivity index (χ4v) is 2.56. The van der Waals surface area contributed by atoms with Crippen LogP contribution in [0.15, 0.2) is 66.8 Å². The largest absolute Gasteiger partial charge is 0.489 e. The van der Waals surface area contributed by atoms with Crippen LogP contribution in [-0.2, 0) is 9.59 Å². The Labute approximate surface area is 150 Å². The summed E-state index contributed by atoms with van der Waals surface area (Å²) in [5.41, 5.74) is 3.69. The number of anilines is 1. The summed E-state index contributed by atoms with van der Waals surface area (Å²) in [4.78, 5) is 24.9. The highest BCUT2D eigenvalue weighted by Gasteiger charge is 2.34. The van der Waals surface area contributed by atoms with Crippen molar-refractivity contribution in [2.75, 3.05) is 11.6 Å². The van der Waals surface area contributed by atoms with Gasteiger partial charge in [-0.15, -0.1) is 0 Å². The number of hydrazine groups is 1. The summed E-state index contributed by atoms with van der Waals surface area (Å²) in [5.74, 6) is -0.412. The first-order valence-electron chi connectivity index (χ1n) is 7.55. The minimum Gasteiger partial charge on any atom is -0.489 e. The molecule has 1 N–H and O–H groups in total. The van der Waals surface area contributed by atoms with Crippen molar-refractivity contribution in [1.29, 1.82) is 0 Å². The fourth-order valence-electron chi connectivity index (χ4n) is 2.38. The van der Waals surface area contributed by atoms with Crippen LogP contribution in [0.4, 0.5) is 5.69 Å². The quantitative estimate of drug-likeness (QED) is 0.509. The van der Waals surface area contributed by atoms with Gasteiger partial charge in [0.15, 0.2) is 0 Å². The SMILES string of the molecule is C=CCOc1ccc(Cl)cc1C=C1C(=O)NN(c2ccccc2)C1=O. The minimum absolute atomic E-state index is 0.00886. The van der Waals surface area contributed by atoms with Crippen molar-refractivity contribution >= 4 is 35.2 Å². The number of halogens is 1. The van der Waals surface area contributed by atoms with Gasteiger partial charge in [-0.2, -0.15) is 0 Å². The lowest BCUT2D eigenvalue weighted by Crippen LogP contribution is -2.35. The smallest absolute Gasteiger partial charge is 0.282 e. The topological polar surface area (TPSA) is 58.6 Å². The number of carbonyl (C=O) groups excluding carboxylic acids is 2. The Morgan fingerprint density at radius 2 is 1.92 bits per heavy atom. The zero-order valence-corrected chi connectivity index (χ0v) is 14.0. The Morgan fingerprint density at radius 3 is 2.64 bits per heavy atom. The van der Waals surface area contributed by atoms with Crippen molar-refractivity contribution < 1.29 is 14.3 Å². The van der Waals surface area contributed by atoms with E-state index in [-0.39, 0.29) is 5.57 Å². The lowest BCUT2D eigenvalue weighted by Gasteiger charge is -2.14. The highest BCUT2D eigenvalue weighted by molar-refractivity contribution is 6.32. The van der Waals surface area contributed by atoms with Gasteiger partial charge in [0.05, 0.1) is 5.69 Å². The molecule has 1 fully saturated rings. The van der Waals surface area contributed by atoms with Gasteiger partial charge in [0.1, 0.15) is 17.9 Å². The maximum atomic E-state index is 12.6. The van der Waals surface area contributed by atoms with Crippen molar-refractivity contribution in [1.82, 2.24) is 5.43 Å². The molecule has 0 saturated carbocycles. The standard InChI is InChI=1S/C19H15ClN2O3/c1-2-10-25-17-9-8-14(20)11-13(17)12-16-18(23)21-22(19(16)24)15-6-4-3-5-7-15/h2-9,11-12H,1,10H2,(H,21,23). The highest BCUT2D eigenvalue weighted by Crippen LogP contribution is 2.28. The zero-order valence-electron chi connectivity index (χ0n) is 13.2. The Bertz CT molecular complexity index is 862. The van der Waals surface area contributed by atoms with Gasteiger partial charge < -0.3 is 4.74 Å². The van der Waals surface area contributed by atoms with Crippen LogP contribution < -0.4 is 15.2 Å². The summed E-state index contributed by atoms with van der Waals surface area (Å²) in [5, 5.41) is 1.69. The molecule has 1 aliphatic heterocycles. The van der Waals surface area contributed by atoms with E-state index >= 15 is 0 Å². The molecule has 0 atom stereocenters. The Balaban J connectivity index is 1.96. The second-order valence-corrected chi connectivity index (χ2v) is 5.69. The molecule has 2 amide bonds. The van der Waals surface area contributed by atoms with Gasteiger partial charge in [-0.05, 0) is 36.4 Å². The number of para-hydroxylation sites is 1. The predicted molar refractivity (Wildman–Crippen MR) is 97.2 cm³/mol. The summed E-state index contributed by atoms with van der Waals surface area (Å²) < 4.78 is 5.56. The van der Waals surface area contributed by atoms with E-state index in [0.717, 1.165) is 0 Å². The van der Waals surface area contributed by atoms with Gasteiger partial charge in [0.25, 0.3) is 11.8 Å². The van der Waals surface area contributed by atoms with Crippen molar-refractivity contribution in [2.45, 2.75) is 0 Å². The van der Waals surface area contributed by atoms with Crippen LogP contribution in [0.25, 0.3) is 6.08 Å². The average Bonchev–Trinajstić information content (AvgIpc) is 2.90. The van der Waals surface area contributed by atoms with Crippen LogP contribution in [-0.4, -0.2) is 18.4 Å². The van der Waals surface area contributed by atoms with Crippen LogP contribution in [0, 0.1) is 0 Å². The Hall–Kier alpha value is -3.05. The van der Waals surface area contributed by atoms with E-state index in [2.05, 4.69) is 12.0 Å². The molecule has 126 valence electrons. The molecule has 25 heavy (non-hydrogen) atoms. The number of ether oxygens (including phenoxy) is 1. The van der Waals surface area contributed by atoms with Crippen molar-refractivity contribution in [3.8, 4) is 5.75 Å². The maximum Gasteiger partial charge on any atom is 0.282 e. The summed E-state index contributed by atoms with van der Waals surface area (Å²) in [6.07, 6.45) is 3.08. The number of benzene rings is 2. The van der Waals surface area contributed by atoms with E-state index in [4.69, 9.17) is 16.3 Å². The molecule has 0 bridgehead atoms. The third-order valence-electron chi connectivity index (χ3n) is 3.53. The van der Waals surface area contributed by atoms with Gasteiger partial charge in [-0.3, -0.25) is 15.0 Å². The normalized spacial score (nSPS) is 15.4. The van der Waals surface area contributed by atoms with Crippen molar-refractivity contribution in [3.05, 3.63) is 77.3 Å². The van der Waals surface area contributed by atoms with Gasteiger partial charge in [0, 0.05) is 10.6 Å². The van der Waals surface area contributed by atoms with Crippen LogP contribution in [0.2, 0.25) is 5.02 Å². The third-order valence-corrected chi connectivity index (χ3v) is 3.77. The lowest BCUT2D eigenvalue weighted by molar-refractivity contribution is -0.117. The second kappa shape index (κ2) is 7.23. The van der Waals surface area contributed by atoms with Crippen LogP contribution >= 0.6 is 11.6 Å². The predicted octanol–water partition coefficient (Wildman–Crippen LogP) is 3.37. The molecule has 3 rings (SSSR count). The minimum atomic E-state index is -0.483. The molecule has 2 aromatic rings. The van der Waals surface area contributed by atoms with Crippen LogP contribution in [0.1, 0.15) is 5.56 Å². The Kier molecular flexibility index (Phi) is 4.86. The van der Waals surface area contributed by atoms with E-state index < -0.39 is 11.8 Å². The third kappa shape index (κ3) is 3.56. The average molecular weight is 355 g/mol. The van der Waals surface area contributed by atoms with E-state index in [1.165, 1.54) is 11.1 Å². The second-order valence-electron chi connectivity index (χ2n) is 5.26. The van der Waals surface area contributed by atoms with E-state index in [0.29, 0.717) is 28.6 Å². The molecule has 1 aliphatic rings. The summed E-state index contributed by atoms with van der Waals surface area (Å²) in [6.45, 7) is 3.90. The number of nitrogens with zero attached hydrogens (tertiary/aromatic N) is 1. The first-order chi connectivity index (χ1) is 12.1. The molecule has 1 saturated heterocycles. The molecule has 1 heterocycles. The number of amides is 2. The van der Waals surface area contributed by atoms with Gasteiger partial charge >= 0.3 is 0 Å². The lowest BCUT2D eigenvalue weighted by atomic mass is 10.1. The first kappa shape index (κ1) is 16.8. The van der Waals surface area contributed by atoms with Crippen LogP contribution in [0.5, 0.6) is 5.75 Å². The molecular weight excluding hydrogens is 340 g/mol. The summed E-state index contributed by atoms with van der Waals surface area (Å²) in [6, 6.07) is 13.9. The highest BCUT2D eigenvalue weighted by atomic mass is 35.5. The van der Waals surface area contributed by atoms with Crippen LogP contribution in [0.3, 0.4) is 0 Å². The van der Waals surface area contributed by atoms with Gasteiger partial charge in [-0.1, -0.05) is 42.5 Å². The molecule has 2 aromatic carbocycles. The monoisotopic (exact) mass is 354 g/mol. The number of rotatable bonds is 5. The molecule has 0 aliphatic carbocycles. The first-order valence-corrected chi connectivity index (χ1v) is 7.93. The number of carbonyl (C=O) groups is 2. The number of hydrogen-bond acceptors (Lipinski definition) is 3. The molecule has 0 radical (unpaired) electrons. The van der Waals surface area contributed by atoms with E-state index in [1.807, 2.05) is 6.07 Å². The van der Waals surface area contributed by atoms with Gasteiger partial charge in [0.2, 0.25) is 0 Å². The van der Waals surface area contributed by atoms with E-state index in [1.54, 1.807) is 48.5 Å². The summed E-state index contributed by atoms with van der Waals surface area (Å²) in [7, 11) is 0. The van der Waals surface area contributed by atoms with E-state index in [9.17, 15) is 9.59 Å². The molecule has 5 nitrogen and oxygen atoms in total. The Morgan fingerprint density at radius 1 is 1.16 bits per heavy atom. The number of hydrogen-bond donors (Lipinski definition) is 1. The molecule has 6 heteroatoms. The van der Waals surface area contributed by atoms with Gasteiger partial charge in [-0.25, -0.2) is 5.01 Å². The molecule has 0 aromatic heterocycles. The molecular formula is C19H15ClN2O3. The maximum absolute atomic E-state index is 12.6. The van der Waals surface area contributed by atoms with Crippen molar-refractivity contribution in [2.24, 2.45) is 0 Å². The summed E-state index contributed by atoms with van der Waals surface area (Å²) >= 11 is 6.03. The zero-order chi connectivity index (χ0) is 17.8. The fraction of sp³-hybridized carbons (Fsp3) is 0.0526. The number of nitrogens with one attached hydrogen (secondary N) is 1.